The van der Waals surface area contributed by atoms with Crippen molar-refractivity contribution in [2.75, 3.05) is 0 Å². The van der Waals surface area contributed by atoms with Crippen LogP contribution in [0.5, 0.6) is 0 Å². The first-order valence-electron chi connectivity index (χ1n) is 6.57. The summed E-state index contributed by atoms with van der Waals surface area (Å²) in [6.45, 7) is 3.69. The Morgan fingerprint density at radius 3 is 2.41 bits per heavy atom. The molecule has 0 aromatic rings. The molecule has 1 nitrogen and oxygen atoms in total. The van der Waals surface area contributed by atoms with Crippen LogP contribution in [0.3, 0.4) is 0 Å². The molecule has 0 radical (unpaired) electrons. The first-order valence-corrected chi connectivity index (χ1v) is 6.57. The summed E-state index contributed by atoms with van der Waals surface area (Å²) < 4.78 is 0. The molecular weight excluding hydrogens is 208 g/mol. The molecule has 0 saturated heterocycles. The molecule has 0 aliphatic heterocycles. The van der Waals surface area contributed by atoms with Crippen LogP contribution >= 0.6 is 0 Å². The molecule has 0 saturated carbocycles. The van der Waals surface area contributed by atoms with Gasteiger partial charge in [-0.15, -0.1) is 12.5 Å². The van der Waals surface area contributed by atoms with Gasteiger partial charge < -0.3 is 4.79 Å². The number of unbranched alkanes of at least 4 members (excludes halogenated alkanes) is 6. The van der Waals surface area contributed by atoms with Crippen molar-refractivity contribution in [1.82, 2.24) is 0 Å². The molecule has 1 heteroatoms. The number of hydrogen-bond donors (Lipinski definition) is 0. The van der Waals surface area contributed by atoms with E-state index in [-0.39, 0.29) is 0 Å². The molecule has 0 aromatic carbocycles. The van der Waals surface area contributed by atoms with E-state index in [0.717, 1.165) is 32.0 Å². The van der Waals surface area contributed by atoms with E-state index in [2.05, 4.69) is 30.6 Å². The van der Waals surface area contributed by atoms with Gasteiger partial charge in [-0.2, -0.15) is 0 Å². The number of rotatable bonds is 10. The fraction of sp³-hybridized carbons (Fsp3) is 0.562. The van der Waals surface area contributed by atoms with E-state index < -0.39 is 0 Å². The first-order chi connectivity index (χ1) is 8.41. The Balaban J connectivity index is 3.13. The maximum atomic E-state index is 9.99. The van der Waals surface area contributed by atoms with Crippen LogP contribution in [0.15, 0.2) is 24.8 Å². The summed E-state index contributed by atoms with van der Waals surface area (Å²) in [6, 6.07) is 0. The second kappa shape index (κ2) is 14.7. The van der Waals surface area contributed by atoms with Crippen LogP contribution in [0, 0.1) is 11.8 Å². The molecule has 0 aliphatic carbocycles. The summed E-state index contributed by atoms with van der Waals surface area (Å²) in [7, 11) is 0. The van der Waals surface area contributed by atoms with Gasteiger partial charge in [-0.25, -0.2) is 0 Å². The third-order valence-corrected chi connectivity index (χ3v) is 2.44. The lowest BCUT2D eigenvalue weighted by molar-refractivity contribution is -0.107. The van der Waals surface area contributed by atoms with Crippen LogP contribution in [0.4, 0.5) is 0 Å². The van der Waals surface area contributed by atoms with E-state index in [4.69, 9.17) is 0 Å². The Bertz CT molecular complexity index is 265. The third-order valence-electron chi connectivity index (χ3n) is 2.44. The monoisotopic (exact) mass is 232 g/mol. The summed E-state index contributed by atoms with van der Waals surface area (Å²) in [5.41, 5.74) is 0. The predicted molar refractivity (Wildman–Crippen MR) is 74.7 cm³/mol. The molecular formula is C16H24O. The number of carbonyl (C=O) groups excluding carboxylic acids is 1. The molecule has 0 rings (SSSR count). The molecule has 0 bridgehead atoms. The molecule has 0 amide bonds. The zero-order chi connectivity index (χ0) is 12.6. The predicted octanol–water partition coefficient (Wildman–Crippen LogP) is 4.44. The average molecular weight is 232 g/mol. The normalized spacial score (nSPS) is 9.88. The first kappa shape index (κ1) is 15.7. The molecule has 0 heterocycles. The van der Waals surface area contributed by atoms with Crippen LogP contribution in [0.1, 0.15) is 57.8 Å². The number of hydrogen-bond acceptors (Lipinski definition) is 1. The molecule has 0 atom stereocenters. The van der Waals surface area contributed by atoms with Crippen molar-refractivity contribution < 1.29 is 4.79 Å². The van der Waals surface area contributed by atoms with Crippen molar-refractivity contribution in [2.24, 2.45) is 0 Å². The van der Waals surface area contributed by atoms with E-state index in [0.29, 0.717) is 6.42 Å². The zero-order valence-electron chi connectivity index (χ0n) is 10.8. The Labute approximate surface area is 106 Å². The minimum absolute atomic E-state index is 0.384. The Morgan fingerprint density at radius 2 is 1.65 bits per heavy atom. The van der Waals surface area contributed by atoms with E-state index in [9.17, 15) is 4.79 Å². The van der Waals surface area contributed by atoms with Gasteiger partial charge in [0.15, 0.2) is 0 Å². The van der Waals surface area contributed by atoms with Gasteiger partial charge >= 0.3 is 0 Å². The number of aldehydes is 1. The van der Waals surface area contributed by atoms with Gasteiger partial charge in [0.2, 0.25) is 0 Å². The second-order valence-electron chi connectivity index (χ2n) is 4.01. The van der Waals surface area contributed by atoms with Crippen molar-refractivity contribution >= 4 is 6.29 Å². The van der Waals surface area contributed by atoms with Crippen molar-refractivity contribution in [2.45, 2.75) is 57.8 Å². The largest absolute Gasteiger partial charge is 0.302 e. The highest BCUT2D eigenvalue weighted by atomic mass is 16.1. The lowest BCUT2D eigenvalue weighted by atomic mass is 10.1. The molecule has 94 valence electrons. The lowest BCUT2D eigenvalue weighted by Crippen LogP contribution is -1.77. The third kappa shape index (κ3) is 14.7. The van der Waals surface area contributed by atoms with E-state index >= 15 is 0 Å². The summed E-state index contributed by atoms with van der Waals surface area (Å²) in [5.74, 6) is 5.84. The fourth-order valence-corrected chi connectivity index (χ4v) is 1.48. The highest BCUT2D eigenvalue weighted by molar-refractivity contribution is 5.53. The minimum atomic E-state index is 0.384. The van der Waals surface area contributed by atoms with Crippen molar-refractivity contribution in [3.05, 3.63) is 24.8 Å². The minimum Gasteiger partial charge on any atom is -0.302 e. The second-order valence-corrected chi connectivity index (χ2v) is 4.01. The van der Waals surface area contributed by atoms with Gasteiger partial charge in [-0.1, -0.05) is 37.0 Å². The van der Waals surface area contributed by atoms with Crippen LogP contribution in [-0.2, 0) is 4.79 Å². The number of carbonyl (C=O) groups is 1. The quantitative estimate of drug-likeness (QED) is 0.235. The summed E-state index contributed by atoms with van der Waals surface area (Å²) in [4.78, 5) is 9.99. The van der Waals surface area contributed by atoms with Gasteiger partial charge in [0.25, 0.3) is 0 Å². The highest BCUT2D eigenvalue weighted by Crippen LogP contribution is 2.06. The van der Waals surface area contributed by atoms with Gasteiger partial charge in [-0.05, 0) is 32.1 Å². The Kier molecular flexibility index (Phi) is 13.6. The van der Waals surface area contributed by atoms with Gasteiger partial charge in [0.05, 0.1) is 6.42 Å². The van der Waals surface area contributed by atoms with Gasteiger partial charge in [-0.3, -0.25) is 0 Å². The molecule has 0 aliphatic rings. The van der Waals surface area contributed by atoms with Gasteiger partial charge in [0.1, 0.15) is 6.29 Å². The summed E-state index contributed by atoms with van der Waals surface area (Å²) in [5, 5.41) is 0. The molecule has 0 fully saturated rings. The fourth-order valence-electron chi connectivity index (χ4n) is 1.48. The lowest BCUT2D eigenvalue weighted by Gasteiger charge is -1.95. The van der Waals surface area contributed by atoms with E-state index in [1.54, 1.807) is 0 Å². The molecule has 17 heavy (non-hydrogen) atoms. The van der Waals surface area contributed by atoms with Crippen molar-refractivity contribution in [1.29, 1.82) is 0 Å². The Hall–Kier alpha value is -1.29. The smallest absolute Gasteiger partial charge is 0.131 e. The maximum absolute atomic E-state index is 9.99. The average Bonchev–Trinajstić information content (AvgIpc) is 2.35. The van der Waals surface area contributed by atoms with Crippen LogP contribution in [0.2, 0.25) is 0 Å². The topological polar surface area (TPSA) is 17.1 Å². The van der Waals surface area contributed by atoms with Crippen LogP contribution in [-0.4, -0.2) is 6.29 Å². The zero-order valence-corrected chi connectivity index (χ0v) is 10.8. The van der Waals surface area contributed by atoms with E-state index in [1.165, 1.54) is 25.7 Å². The van der Waals surface area contributed by atoms with Crippen molar-refractivity contribution in [3.63, 3.8) is 0 Å². The molecule has 0 spiro atoms. The van der Waals surface area contributed by atoms with Crippen LogP contribution in [0.25, 0.3) is 0 Å². The molecule has 0 unspecified atom stereocenters. The van der Waals surface area contributed by atoms with Crippen LogP contribution < -0.4 is 0 Å². The highest BCUT2D eigenvalue weighted by Gasteiger charge is 1.87. The molecule has 0 N–H and O–H groups in total. The SMILES string of the molecule is C=CCCC=CCCCCCCC#CCC=O. The summed E-state index contributed by atoms with van der Waals surface area (Å²) in [6.07, 6.45) is 17.0. The standard InChI is InChI=1S/C16H24O/c1-2-3-4-5-6-7-8-9-10-11-12-13-14-15-16-17/h2,5-6,16H,1,3-4,7-12,15H2. The van der Waals surface area contributed by atoms with Crippen molar-refractivity contribution in [3.8, 4) is 11.8 Å². The maximum Gasteiger partial charge on any atom is 0.131 e. The molecule has 0 aromatic heterocycles. The summed E-state index contributed by atoms with van der Waals surface area (Å²) >= 11 is 0. The van der Waals surface area contributed by atoms with Gasteiger partial charge in [0, 0.05) is 6.42 Å². The number of allylic oxidation sites excluding steroid dienone is 3. The van der Waals surface area contributed by atoms with E-state index in [1.807, 2.05) is 6.08 Å². The Morgan fingerprint density at radius 1 is 0.882 bits per heavy atom.